The zero-order chi connectivity index (χ0) is 14.0. The molecule has 2 heterocycles. The molecule has 0 amide bonds. The number of thiazole rings is 1. The first-order chi connectivity index (χ1) is 9.66. The molecule has 0 spiro atoms. The molecule has 1 aromatic carbocycles. The highest BCUT2D eigenvalue weighted by atomic mass is 32.1. The Morgan fingerprint density at radius 2 is 2.15 bits per heavy atom. The standard InChI is InChI=1S/C14H16N4OS/c1-14(8-19-9-14)11-4-2-10(3-5-11)6-16-18-13-17-12(15)7-20-13/h2-7H,8-9,15H2,1H3,(H,17,18). The molecule has 6 heteroatoms. The largest absolute Gasteiger partial charge is 0.383 e. The van der Waals surface area contributed by atoms with Gasteiger partial charge >= 0.3 is 0 Å². The van der Waals surface area contributed by atoms with E-state index in [0.29, 0.717) is 10.9 Å². The topological polar surface area (TPSA) is 72.5 Å². The summed E-state index contributed by atoms with van der Waals surface area (Å²) in [5.41, 5.74) is 10.9. The summed E-state index contributed by atoms with van der Waals surface area (Å²) < 4.78 is 5.29. The molecule has 0 unspecified atom stereocenters. The Hall–Kier alpha value is -1.92. The molecule has 0 atom stereocenters. The summed E-state index contributed by atoms with van der Waals surface area (Å²) in [6.07, 6.45) is 1.76. The molecular formula is C14H16N4OS. The summed E-state index contributed by atoms with van der Waals surface area (Å²) >= 11 is 1.43. The van der Waals surface area contributed by atoms with Crippen LogP contribution in [0.4, 0.5) is 10.9 Å². The monoisotopic (exact) mass is 288 g/mol. The predicted molar refractivity (Wildman–Crippen MR) is 82.4 cm³/mol. The Labute approximate surface area is 121 Å². The Balaban J connectivity index is 1.63. The van der Waals surface area contributed by atoms with E-state index >= 15 is 0 Å². The van der Waals surface area contributed by atoms with Crippen LogP contribution in [0.15, 0.2) is 34.7 Å². The number of nitrogens with one attached hydrogen (secondary N) is 1. The molecule has 2 aromatic rings. The van der Waals surface area contributed by atoms with Crippen LogP contribution in [0.3, 0.4) is 0 Å². The van der Waals surface area contributed by atoms with Crippen molar-refractivity contribution in [3.05, 3.63) is 40.8 Å². The molecule has 1 aromatic heterocycles. The van der Waals surface area contributed by atoms with Crippen LogP contribution in [0.2, 0.25) is 0 Å². The highest BCUT2D eigenvalue weighted by molar-refractivity contribution is 7.14. The van der Waals surface area contributed by atoms with E-state index in [9.17, 15) is 0 Å². The van der Waals surface area contributed by atoms with E-state index in [1.54, 1.807) is 11.6 Å². The summed E-state index contributed by atoms with van der Waals surface area (Å²) in [5, 5.41) is 6.61. The van der Waals surface area contributed by atoms with Crippen LogP contribution in [0.25, 0.3) is 0 Å². The SMILES string of the molecule is CC1(c2ccc(C=NNc3nc(N)cs3)cc2)COC1. The molecule has 3 N–H and O–H groups in total. The van der Waals surface area contributed by atoms with Gasteiger partial charge in [-0.05, 0) is 11.1 Å². The van der Waals surface area contributed by atoms with Gasteiger partial charge in [0.1, 0.15) is 5.82 Å². The Morgan fingerprint density at radius 1 is 1.40 bits per heavy atom. The molecule has 1 fully saturated rings. The quantitative estimate of drug-likeness (QED) is 0.669. The van der Waals surface area contributed by atoms with E-state index in [-0.39, 0.29) is 5.41 Å². The van der Waals surface area contributed by atoms with Gasteiger partial charge in [0.15, 0.2) is 0 Å². The van der Waals surface area contributed by atoms with Crippen molar-refractivity contribution in [2.24, 2.45) is 5.10 Å². The van der Waals surface area contributed by atoms with Gasteiger partial charge in [-0.25, -0.2) is 4.98 Å². The van der Waals surface area contributed by atoms with Crippen molar-refractivity contribution in [1.82, 2.24) is 4.98 Å². The fourth-order valence-electron chi connectivity index (χ4n) is 2.05. The maximum atomic E-state index is 5.53. The first-order valence-corrected chi connectivity index (χ1v) is 7.22. The van der Waals surface area contributed by atoms with Crippen molar-refractivity contribution in [3.8, 4) is 0 Å². The van der Waals surface area contributed by atoms with Crippen molar-refractivity contribution in [2.45, 2.75) is 12.3 Å². The third-order valence-electron chi connectivity index (χ3n) is 3.34. The number of hydrazone groups is 1. The number of benzene rings is 1. The molecule has 1 aliphatic heterocycles. The zero-order valence-electron chi connectivity index (χ0n) is 11.2. The Morgan fingerprint density at radius 3 is 2.70 bits per heavy atom. The van der Waals surface area contributed by atoms with Crippen LogP contribution in [0.1, 0.15) is 18.1 Å². The van der Waals surface area contributed by atoms with Crippen molar-refractivity contribution in [2.75, 3.05) is 24.4 Å². The Bertz CT molecular complexity index is 616. The van der Waals surface area contributed by atoms with Crippen molar-refractivity contribution in [3.63, 3.8) is 0 Å². The number of hydrogen-bond donors (Lipinski definition) is 2. The van der Waals surface area contributed by atoms with Gasteiger partial charge in [0, 0.05) is 10.8 Å². The van der Waals surface area contributed by atoms with Crippen LogP contribution in [0.5, 0.6) is 0 Å². The number of nitrogens with zero attached hydrogens (tertiary/aromatic N) is 2. The van der Waals surface area contributed by atoms with Crippen molar-refractivity contribution in [1.29, 1.82) is 0 Å². The summed E-state index contributed by atoms with van der Waals surface area (Å²) in [7, 11) is 0. The number of aromatic nitrogens is 1. The van der Waals surface area contributed by atoms with E-state index in [2.05, 4.69) is 46.7 Å². The smallest absolute Gasteiger partial charge is 0.205 e. The minimum absolute atomic E-state index is 0.173. The summed E-state index contributed by atoms with van der Waals surface area (Å²) in [5.74, 6) is 0.507. The average molecular weight is 288 g/mol. The number of nitrogen functional groups attached to an aromatic ring is 1. The minimum atomic E-state index is 0.173. The van der Waals surface area contributed by atoms with Crippen LogP contribution in [-0.4, -0.2) is 24.4 Å². The van der Waals surface area contributed by atoms with Gasteiger partial charge in [-0.1, -0.05) is 31.2 Å². The fraction of sp³-hybridized carbons (Fsp3) is 0.286. The lowest BCUT2D eigenvalue weighted by Crippen LogP contribution is -2.43. The summed E-state index contributed by atoms with van der Waals surface area (Å²) in [4.78, 5) is 4.06. The summed E-state index contributed by atoms with van der Waals surface area (Å²) in [6, 6.07) is 8.37. The van der Waals surface area contributed by atoms with Gasteiger partial charge in [-0.15, -0.1) is 11.3 Å². The van der Waals surface area contributed by atoms with Crippen LogP contribution in [-0.2, 0) is 10.2 Å². The van der Waals surface area contributed by atoms with Gasteiger partial charge < -0.3 is 10.5 Å². The molecule has 1 saturated heterocycles. The molecule has 1 aliphatic rings. The van der Waals surface area contributed by atoms with Gasteiger partial charge in [0.25, 0.3) is 0 Å². The molecule has 5 nitrogen and oxygen atoms in total. The lowest BCUT2D eigenvalue weighted by atomic mass is 9.81. The van der Waals surface area contributed by atoms with E-state index < -0.39 is 0 Å². The molecule has 0 bridgehead atoms. The number of ether oxygens (including phenoxy) is 1. The zero-order valence-corrected chi connectivity index (χ0v) is 12.0. The lowest BCUT2D eigenvalue weighted by Gasteiger charge is -2.38. The van der Waals surface area contributed by atoms with Crippen LogP contribution in [0, 0.1) is 0 Å². The van der Waals surface area contributed by atoms with E-state index in [4.69, 9.17) is 10.5 Å². The van der Waals surface area contributed by atoms with Crippen LogP contribution >= 0.6 is 11.3 Å². The maximum Gasteiger partial charge on any atom is 0.205 e. The lowest BCUT2D eigenvalue weighted by molar-refractivity contribution is -0.0500. The van der Waals surface area contributed by atoms with Crippen molar-refractivity contribution < 1.29 is 4.74 Å². The van der Waals surface area contributed by atoms with E-state index in [1.165, 1.54) is 16.9 Å². The molecule has 0 radical (unpaired) electrons. The van der Waals surface area contributed by atoms with Gasteiger partial charge in [-0.3, -0.25) is 5.43 Å². The molecule has 20 heavy (non-hydrogen) atoms. The van der Waals surface area contributed by atoms with Gasteiger partial charge in [0.2, 0.25) is 5.13 Å². The maximum absolute atomic E-state index is 5.53. The second-order valence-corrected chi connectivity index (χ2v) is 5.98. The first kappa shape index (κ1) is 13.1. The van der Waals surface area contributed by atoms with Crippen molar-refractivity contribution >= 4 is 28.5 Å². The third kappa shape index (κ3) is 2.66. The van der Waals surface area contributed by atoms with E-state index in [1.807, 2.05) is 0 Å². The third-order valence-corrected chi connectivity index (χ3v) is 4.11. The van der Waals surface area contributed by atoms with Gasteiger partial charge in [-0.2, -0.15) is 5.10 Å². The molecule has 104 valence electrons. The fourth-order valence-corrected chi connectivity index (χ4v) is 2.59. The minimum Gasteiger partial charge on any atom is -0.383 e. The second kappa shape index (κ2) is 5.22. The second-order valence-electron chi connectivity index (χ2n) is 5.12. The van der Waals surface area contributed by atoms with E-state index in [0.717, 1.165) is 18.8 Å². The number of nitrogens with two attached hydrogens (primary N) is 1. The summed E-state index contributed by atoms with van der Waals surface area (Å²) in [6.45, 7) is 3.81. The molecule has 0 aliphatic carbocycles. The number of hydrogen-bond acceptors (Lipinski definition) is 6. The molecule has 3 rings (SSSR count). The highest BCUT2D eigenvalue weighted by Crippen LogP contribution is 2.31. The predicted octanol–water partition coefficient (Wildman–Crippen LogP) is 2.46. The van der Waals surface area contributed by atoms with Crippen LogP contribution < -0.4 is 11.2 Å². The highest BCUT2D eigenvalue weighted by Gasteiger charge is 2.34. The van der Waals surface area contributed by atoms with Gasteiger partial charge in [0.05, 0.1) is 19.4 Å². The number of anilines is 2. The normalized spacial score (nSPS) is 17.1. The average Bonchev–Trinajstić information content (AvgIpc) is 2.83. The first-order valence-electron chi connectivity index (χ1n) is 6.34. The molecular weight excluding hydrogens is 272 g/mol. The number of rotatable bonds is 4. The Kier molecular flexibility index (Phi) is 3.42. The molecule has 0 saturated carbocycles.